The summed E-state index contributed by atoms with van der Waals surface area (Å²) in [5, 5.41) is 9.06. The molecule has 0 saturated heterocycles. The molecule has 0 aliphatic carbocycles. The van der Waals surface area contributed by atoms with E-state index in [1.165, 1.54) is 44.6 Å². The van der Waals surface area contributed by atoms with E-state index in [0.29, 0.717) is 0 Å². The van der Waals surface area contributed by atoms with Gasteiger partial charge in [-0.2, -0.15) is 0 Å². The van der Waals surface area contributed by atoms with Gasteiger partial charge in [0.1, 0.15) is 6.10 Å². The maximum Gasteiger partial charge on any atom is 0.134 e. The van der Waals surface area contributed by atoms with E-state index in [1.54, 1.807) is 0 Å². The van der Waals surface area contributed by atoms with Crippen LogP contribution in [0.3, 0.4) is 0 Å². The molecule has 0 aromatic carbocycles. The van der Waals surface area contributed by atoms with E-state index in [4.69, 9.17) is 5.11 Å². The van der Waals surface area contributed by atoms with Crippen molar-refractivity contribution in [3.05, 3.63) is 24.8 Å². The van der Waals surface area contributed by atoms with Crippen LogP contribution in [0.2, 0.25) is 0 Å². The molecule has 1 heteroatoms. The van der Waals surface area contributed by atoms with Crippen LogP contribution in [0.4, 0.5) is 0 Å². The lowest BCUT2D eigenvalue weighted by molar-refractivity contribution is 0.281. The zero-order chi connectivity index (χ0) is 14.2. The third-order valence-corrected chi connectivity index (χ3v) is 2.71. The van der Waals surface area contributed by atoms with Crippen LogP contribution in [0.1, 0.15) is 58.3 Å². The number of unbranched alkanes of at least 4 members (excludes halogenated alkanes) is 6. The van der Waals surface area contributed by atoms with Crippen molar-refractivity contribution in [2.45, 2.75) is 64.4 Å². The summed E-state index contributed by atoms with van der Waals surface area (Å²) in [4.78, 5) is 0. The van der Waals surface area contributed by atoms with Crippen molar-refractivity contribution >= 4 is 0 Å². The van der Waals surface area contributed by atoms with Crippen molar-refractivity contribution in [3.8, 4) is 23.7 Å². The van der Waals surface area contributed by atoms with Crippen molar-refractivity contribution in [2.24, 2.45) is 0 Å². The van der Waals surface area contributed by atoms with E-state index in [1.807, 2.05) is 0 Å². The molecule has 0 radical (unpaired) electrons. The molecule has 104 valence electrons. The average molecular weight is 258 g/mol. The number of aliphatic hydroxyl groups is 1. The van der Waals surface area contributed by atoms with E-state index >= 15 is 0 Å². The fourth-order valence-electron chi connectivity index (χ4n) is 1.57. The van der Waals surface area contributed by atoms with Gasteiger partial charge >= 0.3 is 0 Å². The summed E-state index contributed by atoms with van der Waals surface area (Å²) in [6.07, 6.45) is 14.8. The standard InChI is InChI=1S/C18H26O/c1-3-5-6-7-8-9-10-11-12-13-14-15-16-17-18(19)4-2/h4,11-12,18-19H,2-3,5-10,13H2,1H3/t18-/m0/s1. The van der Waals surface area contributed by atoms with Gasteiger partial charge in [-0.05, 0) is 24.7 Å². The van der Waals surface area contributed by atoms with Crippen molar-refractivity contribution in [3.63, 3.8) is 0 Å². The molecule has 0 unspecified atom stereocenters. The monoisotopic (exact) mass is 258 g/mol. The van der Waals surface area contributed by atoms with Crippen LogP contribution in [0.25, 0.3) is 0 Å². The molecular formula is C18H26O. The van der Waals surface area contributed by atoms with Gasteiger partial charge in [-0.3, -0.25) is 0 Å². The summed E-state index contributed by atoms with van der Waals surface area (Å²) in [7, 11) is 0. The Labute approximate surface area is 118 Å². The number of allylic oxidation sites excluding steroid dienone is 2. The van der Waals surface area contributed by atoms with Gasteiger partial charge in [0.05, 0.1) is 0 Å². The number of hydrogen-bond acceptors (Lipinski definition) is 1. The zero-order valence-electron chi connectivity index (χ0n) is 12.1. The van der Waals surface area contributed by atoms with Crippen LogP contribution in [0, 0.1) is 23.7 Å². The Hall–Kier alpha value is -1.44. The van der Waals surface area contributed by atoms with E-state index in [2.05, 4.69) is 49.3 Å². The highest BCUT2D eigenvalue weighted by molar-refractivity contribution is 5.29. The highest BCUT2D eigenvalue weighted by Crippen LogP contribution is 2.07. The predicted molar refractivity (Wildman–Crippen MR) is 83.5 cm³/mol. The first kappa shape index (κ1) is 17.6. The molecule has 0 aromatic heterocycles. The van der Waals surface area contributed by atoms with E-state index in [-0.39, 0.29) is 0 Å². The minimum absolute atomic E-state index is 0.731. The summed E-state index contributed by atoms with van der Waals surface area (Å²) in [5.41, 5.74) is 0. The molecule has 0 bridgehead atoms. The van der Waals surface area contributed by atoms with Crippen molar-refractivity contribution in [1.29, 1.82) is 0 Å². The Morgan fingerprint density at radius 1 is 1.05 bits per heavy atom. The molecule has 0 aliphatic rings. The highest BCUT2D eigenvalue weighted by atomic mass is 16.3. The quantitative estimate of drug-likeness (QED) is 0.372. The van der Waals surface area contributed by atoms with Gasteiger partial charge in [-0.15, -0.1) is 0 Å². The lowest BCUT2D eigenvalue weighted by Gasteiger charge is -1.97. The second-order valence-electron chi connectivity index (χ2n) is 4.48. The fraction of sp³-hybridized carbons (Fsp3) is 0.556. The smallest absolute Gasteiger partial charge is 0.134 e. The molecule has 0 spiro atoms. The lowest BCUT2D eigenvalue weighted by Crippen LogP contribution is -1.94. The number of hydrogen-bond donors (Lipinski definition) is 1. The maximum absolute atomic E-state index is 9.06. The third kappa shape index (κ3) is 14.5. The minimum Gasteiger partial charge on any atom is -0.377 e. The number of rotatable bonds is 9. The lowest BCUT2D eigenvalue weighted by atomic mass is 10.1. The normalized spacial score (nSPS) is 11.3. The Bertz CT molecular complexity index is 357. The largest absolute Gasteiger partial charge is 0.377 e. The highest BCUT2D eigenvalue weighted by Gasteiger charge is 1.87. The molecule has 0 aromatic rings. The molecule has 0 heterocycles. The molecule has 1 atom stereocenters. The molecular weight excluding hydrogens is 232 g/mol. The van der Waals surface area contributed by atoms with Gasteiger partial charge in [-0.1, -0.05) is 75.7 Å². The minimum atomic E-state index is -0.766. The molecule has 1 N–H and O–H groups in total. The maximum atomic E-state index is 9.06. The van der Waals surface area contributed by atoms with Crippen LogP contribution in [0.5, 0.6) is 0 Å². The van der Waals surface area contributed by atoms with Crippen LogP contribution in [-0.4, -0.2) is 11.2 Å². The zero-order valence-corrected chi connectivity index (χ0v) is 12.1. The molecule has 0 amide bonds. The SMILES string of the molecule is C=C[C@H](O)C#CC#CCC=CCCCCCCCC. The third-order valence-electron chi connectivity index (χ3n) is 2.71. The summed E-state index contributed by atoms with van der Waals surface area (Å²) < 4.78 is 0. The van der Waals surface area contributed by atoms with E-state index in [9.17, 15) is 0 Å². The average Bonchev–Trinajstić information content (AvgIpc) is 2.43. The molecule has 0 fully saturated rings. The molecule has 0 saturated carbocycles. The summed E-state index contributed by atoms with van der Waals surface area (Å²) in [6, 6.07) is 0. The van der Waals surface area contributed by atoms with Gasteiger partial charge < -0.3 is 5.11 Å². The summed E-state index contributed by atoms with van der Waals surface area (Å²) in [6.45, 7) is 5.67. The van der Waals surface area contributed by atoms with Gasteiger partial charge in [0.25, 0.3) is 0 Å². The van der Waals surface area contributed by atoms with Crippen LogP contribution in [0.15, 0.2) is 24.8 Å². The molecule has 0 aliphatic heterocycles. The van der Waals surface area contributed by atoms with Gasteiger partial charge in [0, 0.05) is 6.42 Å². The summed E-state index contributed by atoms with van der Waals surface area (Å²) >= 11 is 0. The van der Waals surface area contributed by atoms with Crippen LogP contribution >= 0.6 is 0 Å². The van der Waals surface area contributed by atoms with Crippen LogP contribution in [-0.2, 0) is 0 Å². The van der Waals surface area contributed by atoms with Gasteiger partial charge in [0.2, 0.25) is 0 Å². The van der Waals surface area contributed by atoms with Gasteiger partial charge in [0.15, 0.2) is 0 Å². The van der Waals surface area contributed by atoms with Crippen molar-refractivity contribution < 1.29 is 5.11 Å². The molecule has 0 rings (SSSR count). The first-order valence-corrected chi connectivity index (χ1v) is 7.25. The Balaban J connectivity index is 3.46. The predicted octanol–water partition coefficient (Wildman–Crippen LogP) is 4.24. The topological polar surface area (TPSA) is 20.2 Å². The Morgan fingerprint density at radius 3 is 2.53 bits per heavy atom. The Kier molecular flexibility index (Phi) is 13.5. The van der Waals surface area contributed by atoms with Crippen molar-refractivity contribution in [2.75, 3.05) is 0 Å². The Morgan fingerprint density at radius 2 is 1.79 bits per heavy atom. The molecule has 19 heavy (non-hydrogen) atoms. The fourth-order valence-corrected chi connectivity index (χ4v) is 1.57. The first-order valence-electron chi connectivity index (χ1n) is 7.25. The molecule has 1 nitrogen and oxygen atoms in total. The number of aliphatic hydroxyl groups excluding tert-OH is 1. The van der Waals surface area contributed by atoms with E-state index in [0.717, 1.165) is 12.8 Å². The van der Waals surface area contributed by atoms with E-state index < -0.39 is 6.10 Å². The second kappa shape index (κ2) is 14.6. The van der Waals surface area contributed by atoms with Crippen molar-refractivity contribution in [1.82, 2.24) is 0 Å². The first-order chi connectivity index (χ1) is 9.31. The van der Waals surface area contributed by atoms with Gasteiger partial charge in [-0.25, -0.2) is 0 Å². The second-order valence-corrected chi connectivity index (χ2v) is 4.48. The summed E-state index contributed by atoms with van der Waals surface area (Å²) in [5.74, 6) is 10.8. The van der Waals surface area contributed by atoms with Crippen LogP contribution < -0.4 is 0 Å².